The van der Waals surface area contributed by atoms with E-state index in [1.807, 2.05) is 45.9 Å². The van der Waals surface area contributed by atoms with Crippen molar-refractivity contribution in [1.82, 2.24) is 4.57 Å². The molecule has 1 fully saturated rings. The Morgan fingerprint density at radius 1 is 1.03 bits per heavy atom. The van der Waals surface area contributed by atoms with Crippen molar-refractivity contribution in [1.29, 1.82) is 0 Å². The van der Waals surface area contributed by atoms with Crippen LogP contribution >= 0.6 is 0 Å². The summed E-state index contributed by atoms with van der Waals surface area (Å²) in [7, 11) is 2.96. The summed E-state index contributed by atoms with van der Waals surface area (Å²) in [6.07, 6.45) is 2.69. The Kier molecular flexibility index (Phi) is 5.89. The van der Waals surface area contributed by atoms with Crippen LogP contribution in [0.3, 0.4) is 0 Å². The zero-order valence-corrected chi connectivity index (χ0v) is 22.8. The first-order valence-corrected chi connectivity index (χ1v) is 12.9. The molecule has 7 heteroatoms. The number of benzene rings is 2. The number of ether oxygens (including phenoxy) is 2. The fourth-order valence-electron chi connectivity index (χ4n) is 6.90. The molecule has 196 valence electrons. The summed E-state index contributed by atoms with van der Waals surface area (Å²) >= 11 is 0. The van der Waals surface area contributed by atoms with E-state index in [9.17, 15) is 9.59 Å². The maximum atomic E-state index is 13.4. The minimum absolute atomic E-state index is 0.000689. The van der Waals surface area contributed by atoms with Crippen LogP contribution in [0.1, 0.15) is 65.0 Å². The number of esters is 1. The van der Waals surface area contributed by atoms with Gasteiger partial charge in [0.15, 0.2) is 0 Å². The second-order valence-corrected chi connectivity index (χ2v) is 11.8. The zero-order chi connectivity index (χ0) is 26.8. The van der Waals surface area contributed by atoms with Gasteiger partial charge in [-0.2, -0.15) is 0 Å². The zero-order valence-electron chi connectivity index (χ0n) is 22.8. The molecule has 0 radical (unpaired) electrons. The van der Waals surface area contributed by atoms with Crippen molar-refractivity contribution in [3.05, 3.63) is 47.5 Å². The van der Waals surface area contributed by atoms with E-state index in [0.29, 0.717) is 6.42 Å². The van der Waals surface area contributed by atoms with Gasteiger partial charge in [-0.3, -0.25) is 4.79 Å². The molecule has 0 saturated heterocycles. The van der Waals surface area contributed by atoms with Crippen LogP contribution in [0.4, 0.5) is 4.79 Å². The summed E-state index contributed by atoms with van der Waals surface area (Å²) in [5, 5.41) is 6.30. The van der Waals surface area contributed by atoms with Crippen LogP contribution in [0.5, 0.6) is 0 Å². The highest BCUT2D eigenvalue weighted by Crippen LogP contribution is 2.57. The molecule has 3 aromatic rings. The lowest BCUT2D eigenvalue weighted by Crippen LogP contribution is -2.57. The Bertz CT molecular complexity index is 1450. The van der Waals surface area contributed by atoms with Crippen LogP contribution in [0.25, 0.3) is 21.8 Å². The van der Waals surface area contributed by atoms with E-state index in [0.717, 1.165) is 46.8 Å². The van der Waals surface area contributed by atoms with E-state index in [4.69, 9.17) is 14.3 Å². The first kappa shape index (κ1) is 25.3. The molecule has 1 saturated carbocycles. The van der Waals surface area contributed by atoms with Gasteiger partial charge in [-0.15, -0.1) is 0 Å². The van der Waals surface area contributed by atoms with Crippen LogP contribution in [0.15, 0.2) is 41.6 Å². The third kappa shape index (κ3) is 3.73. The number of hydrogen-bond acceptors (Lipinski definition) is 6. The van der Waals surface area contributed by atoms with Crippen LogP contribution < -0.4 is 0 Å². The molecule has 2 aliphatic carbocycles. The number of methoxy groups -OCH3 is 1. The van der Waals surface area contributed by atoms with Crippen molar-refractivity contribution in [2.45, 2.75) is 71.3 Å². The number of para-hydroxylation sites is 1. The predicted molar refractivity (Wildman–Crippen MR) is 144 cm³/mol. The summed E-state index contributed by atoms with van der Waals surface area (Å²) < 4.78 is 12.8. The highest BCUT2D eigenvalue weighted by Gasteiger charge is 2.59. The van der Waals surface area contributed by atoms with Crippen LogP contribution in [-0.2, 0) is 30.9 Å². The number of carbonyl (C=O) groups excluding carboxylic acids is 2. The summed E-state index contributed by atoms with van der Waals surface area (Å²) in [5.41, 5.74) is 3.11. The second-order valence-electron chi connectivity index (χ2n) is 11.8. The average Bonchev–Trinajstić information content (AvgIpc) is 3.17. The number of carbonyl (C=O) groups is 2. The summed E-state index contributed by atoms with van der Waals surface area (Å²) in [5.74, 6) is -0.274. The lowest BCUT2D eigenvalue weighted by molar-refractivity contribution is -0.153. The molecule has 0 bridgehead atoms. The average molecular weight is 505 g/mol. The van der Waals surface area contributed by atoms with Crippen molar-refractivity contribution in [3.63, 3.8) is 0 Å². The molecule has 37 heavy (non-hydrogen) atoms. The molecule has 0 amide bonds. The van der Waals surface area contributed by atoms with E-state index in [2.05, 4.69) is 30.3 Å². The van der Waals surface area contributed by atoms with Crippen LogP contribution in [0, 0.1) is 11.3 Å². The third-order valence-electron chi connectivity index (χ3n) is 8.55. The van der Waals surface area contributed by atoms with Crippen molar-refractivity contribution in [2.24, 2.45) is 16.5 Å². The minimum atomic E-state index is -0.880. The molecule has 3 atom stereocenters. The van der Waals surface area contributed by atoms with Gasteiger partial charge in [-0.25, -0.2) is 9.36 Å². The van der Waals surface area contributed by atoms with E-state index in [-0.39, 0.29) is 23.4 Å². The first-order chi connectivity index (χ1) is 17.5. The summed E-state index contributed by atoms with van der Waals surface area (Å²) in [6.45, 7) is 9.86. The molecule has 0 aliphatic heterocycles. The number of nitrogens with zero attached hydrogens (tertiary/aromatic N) is 2. The Morgan fingerprint density at radius 3 is 2.43 bits per heavy atom. The molecule has 1 aromatic heterocycles. The highest BCUT2D eigenvalue weighted by atomic mass is 16.6. The number of aromatic nitrogens is 1. The van der Waals surface area contributed by atoms with Gasteiger partial charge in [0.25, 0.3) is 0 Å². The normalized spacial score (nSPS) is 26.6. The number of hydrogen-bond donors (Lipinski definition) is 0. The molecule has 1 unspecified atom stereocenters. The quantitative estimate of drug-likeness (QED) is 0.299. The third-order valence-corrected chi connectivity index (χ3v) is 8.55. The van der Waals surface area contributed by atoms with Crippen molar-refractivity contribution >= 4 is 39.6 Å². The molecular formula is C30H36N2O5. The minimum Gasteiger partial charge on any atom is -0.468 e. The monoisotopic (exact) mass is 504 g/mol. The Labute approximate surface area is 217 Å². The number of oxime groups is 1. The van der Waals surface area contributed by atoms with Crippen molar-refractivity contribution in [3.8, 4) is 0 Å². The van der Waals surface area contributed by atoms with Gasteiger partial charge in [0.05, 0.1) is 23.9 Å². The largest absolute Gasteiger partial charge is 0.468 e. The maximum absolute atomic E-state index is 13.4. The maximum Gasteiger partial charge on any atom is 0.419 e. The number of fused-ring (bicyclic) bond motifs is 6. The Balaban J connectivity index is 1.73. The first-order valence-electron chi connectivity index (χ1n) is 12.9. The number of aryl methyl sites for hydroxylation is 1. The van der Waals surface area contributed by atoms with Gasteiger partial charge < -0.3 is 14.3 Å². The highest BCUT2D eigenvalue weighted by molar-refractivity contribution is 6.13. The van der Waals surface area contributed by atoms with Crippen LogP contribution in [0.2, 0.25) is 0 Å². The molecule has 0 N–H and O–H groups in total. The Morgan fingerprint density at radius 2 is 1.76 bits per heavy atom. The van der Waals surface area contributed by atoms with Gasteiger partial charge in [0.1, 0.15) is 18.1 Å². The molecule has 0 spiro atoms. The number of rotatable bonds is 2. The van der Waals surface area contributed by atoms with Gasteiger partial charge >= 0.3 is 12.1 Å². The Hall–Kier alpha value is -3.35. The fourth-order valence-corrected chi connectivity index (χ4v) is 6.90. The standard InChI is InChI=1S/C30H36N2O5/c1-28(2,3)37-27(34)32-22-11-9-8-10-19(22)20-17-21-18(16-23(20)32)12-13-24-29(21,4)15-14-25(31-36-7)30(24,5)26(33)35-6/h8-11,16-17,24H,12-15H2,1-7H3/b31-25+/t24-,29?,30-/m1/s1. The van der Waals surface area contributed by atoms with Gasteiger partial charge in [-0.1, -0.05) is 30.3 Å². The van der Waals surface area contributed by atoms with E-state index in [1.54, 1.807) is 4.57 Å². The molecule has 1 heterocycles. The van der Waals surface area contributed by atoms with E-state index in [1.165, 1.54) is 25.3 Å². The molecule has 7 nitrogen and oxygen atoms in total. The SMILES string of the molecule is CO/N=C1\CCC2(C)c3cc4c5ccccc5n(C(=O)OC(C)(C)C)c4cc3CC[C@H]2[C@@]1(C)C(=O)OC. The molecular weight excluding hydrogens is 468 g/mol. The second kappa shape index (κ2) is 8.61. The van der Waals surface area contributed by atoms with Crippen LogP contribution in [-0.4, -0.2) is 42.2 Å². The van der Waals surface area contributed by atoms with Gasteiger partial charge in [-0.05, 0) is 94.0 Å². The van der Waals surface area contributed by atoms with E-state index < -0.39 is 11.0 Å². The van der Waals surface area contributed by atoms with Crippen molar-refractivity contribution in [2.75, 3.05) is 14.2 Å². The summed E-state index contributed by atoms with van der Waals surface area (Å²) in [6, 6.07) is 12.4. The lowest BCUT2D eigenvalue weighted by Gasteiger charge is -2.54. The van der Waals surface area contributed by atoms with E-state index >= 15 is 0 Å². The molecule has 2 aliphatic rings. The lowest BCUT2D eigenvalue weighted by atomic mass is 9.49. The van der Waals surface area contributed by atoms with Gasteiger partial charge in [0, 0.05) is 10.8 Å². The topological polar surface area (TPSA) is 79.1 Å². The smallest absolute Gasteiger partial charge is 0.419 e. The van der Waals surface area contributed by atoms with Crippen molar-refractivity contribution < 1.29 is 23.9 Å². The fraction of sp³-hybridized carbons (Fsp3) is 0.500. The van der Waals surface area contributed by atoms with Gasteiger partial charge in [0.2, 0.25) is 0 Å². The predicted octanol–water partition coefficient (Wildman–Crippen LogP) is 6.37. The molecule has 5 rings (SSSR count). The molecule has 2 aromatic carbocycles. The summed E-state index contributed by atoms with van der Waals surface area (Å²) in [4.78, 5) is 31.8.